The molecule has 3 N–H and O–H groups in total. The number of anilines is 1. The smallest absolute Gasteiger partial charge is 0.406 e. The lowest BCUT2D eigenvalue weighted by molar-refractivity contribution is -0.274. The molecule has 0 atom stereocenters. The van der Waals surface area contributed by atoms with E-state index in [9.17, 15) is 13.2 Å². The summed E-state index contributed by atoms with van der Waals surface area (Å²) in [6.07, 6.45) is 5.92. The Morgan fingerprint density at radius 1 is 1.24 bits per heavy atom. The van der Waals surface area contributed by atoms with Gasteiger partial charge in [-0.25, -0.2) is 0 Å². The highest BCUT2D eigenvalue weighted by atomic mass is 32.1. The summed E-state index contributed by atoms with van der Waals surface area (Å²) in [4.78, 5) is 0. The molecule has 0 amide bonds. The minimum Gasteiger partial charge on any atom is -0.406 e. The first-order chi connectivity index (χ1) is 13.9. The second kappa shape index (κ2) is 11.5. The number of hydrogen-bond donors (Lipinski definition) is 2. The lowest BCUT2D eigenvalue weighted by Gasteiger charge is -2.09. The first kappa shape index (κ1) is 22.7. The number of allylic oxidation sites excluding steroid dienone is 3. The van der Waals surface area contributed by atoms with Gasteiger partial charge in [0, 0.05) is 13.5 Å². The number of nitrogens with one attached hydrogen (secondary N) is 1. The highest BCUT2D eigenvalue weighted by molar-refractivity contribution is 7.15. The summed E-state index contributed by atoms with van der Waals surface area (Å²) in [5, 5.41) is 12.9. The second-order valence-electron chi connectivity index (χ2n) is 6.34. The summed E-state index contributed by atoms with van der Waals surface area (Å²) in [5.74, 6) is -0.196. The SMILES string of the molecule is CNc1nnc(CCCCC(/C=C\CCc2cccc(OC(F)(F)F)c2)=C/N)s1. The molecule has 1 aromatic heterocycles. The zero-order valence-electron chi connectivity index (χ0n) is 16.2. The first-order valence-electron chi connectivity index (χ1n) is 9.31. The Morgan fingerprint density at radius 2 is 2.07 bits per heavy atom. The Hall–Kier alpha value is -2.55. The molecular formula is C20H25F3N4OS. The fourth-order valence-corrected chi connectivity index (χ4v) is 3.40. The Morgan fingerprint density at radius 3 is 2.76 bits per heavy atom. The molecular weight excluding hydrogens is 401 g/mol. The fourth-order valence-electron chi connectivity index (χ4n) is 2.67. The van der Waals surface area contributed by atoms with Crippen molar-refractivity contribution in [1.29, 1.82) is 0 Å². The predicted octanol–water partition coefficient (Wildman–Crippen LogP) is 5.22. The van der Waals surface area contributed by atoms with Crippen molar-refractivity contribution in [2.75, 3.05) is 12.4 Å². The summed E-state index contributed by atoms with van der Waals surface area (Å²) >= 11 is 1.56. The molecule has 9 heteroatoms. The third-order valence-electron chi connectivity index (χ3n) is 4.06. The first-order valence-corrected chi connectivity index (χ1v) is 10.1. The molecule has 0 spiro atoms. The van der Waals surface area contributed by atoms with Crippen LogP contribution in [-0.4, -0.2) is 23.6 Å². The Balaban J connectivity index is 1.70. The maximum Gasteiger partial charge on any atom is 0.573 e. The van der Waals surface area contributed by atoms with Crippen LogP contribution in [0.2, 0.25) is 0 Å². The van der Waals surface area contributed by atoms with E-state index in [1.54, 1.807) is 29.7 Å². The molecule has 29 heavy (non-hydrogen) atoms. The van der Waals surface area contributed by atoms with E-state index in [-0.39, 0.29) is 5.75 Å². The van der Waals surface area contributed by atoms with Gasteiger partial charge in [0.2, 0.25) is 5.13 Å². The van der Waals surface area contributed by atoms with Crippen LogP contribution in [-0.2, 0) is 12.8 Å². The van der Waals surface area contributed by atoms with Gasteiger partial charge in [-0.3, -0.25) is 0 Å². The van der Waals surface area contributed by atoms with Gasteiger partial charge in [-0.05, 0) is 61.6 Å². The van der Waals surface area contributed by atoms with Crippen LogP contribution in [0.15, 0.2) is 48.2 Å². The van der Waals surface area contributed by atoms with Gasteiger partial charge < -0.3 is 15.8 Å². The summed E-state index contributed by atoms with van der Waals surface area (Å²) in [5.41, 5.74) is 7.51. The normalized spacial score (nSPS) is 12.5. The third kappa shape index (κ3) is 8.99. The van der Waals surface area contributed by atoms with Crippen molar-refractivity contribution in [2.45, 2.75) is 44.9 Å². The van der Waals surface area contributed by atoms with Crippen molar-refractivity contribution in [1.82, 2.24) is 10.2 Å². The maximum atomic E-state index is 12.3. The standard InChI is InChI=1S/C20H25F3N4OS/c1-25-19-27-26-18(29-19)12-5-4-9-16(14-24)8-3-2-7-15-10-6-11-17(13-15)28-20(21,22)23/h3,6,8,10-11,13-14H,2,4-5,7,9,12,24H2,1H3,(H,25,27)/b8-3-,16-14+. The zero-order chi connectivity index (χ0) is 21.1. The Kier molecular flexibility index (Phi) is 8.98. The molecule has 2 aromatic rings. The van der Waals surface area contributed by atoms with Gasteiger partial charge >= 0.3 is 6.36 Å². The number of halogens is 3. The summed E-state index contributed by atoms with van der Waals surface area (Å²) < 4.78 is 40.8. The maximum absolute atomic E-state index is 12.3. The van der Waals surface area contributed by atoms with Crippen molar-refractivity contribution >= 4 is 16.5 Å². The number of nitrogens with zero attached hydrogens (tertiary/aromatic N) is 2. The summed E-state index contributed by atoms with van der Waals surface area (Å²) in [6.45, 7) is 0. The molecule has 0 saturated heterocycles. The van der Waals surface area contributed by atoms with Crippen molar-refractivity contribution in [2.24, 2.45) is 5.73 Å². The van der Waals surface area contributed by atoms with Crippen LogP contribution in [0.5, 0.6) is 5.75 Å². The van der Waals surface area contributed by atoms with Gasteiger partial charge in [-0.1, -0.05) is 35.6 Å². The average Bonchev–Trinajstić information content (AvgIpc) is 3.13. The van der Waals surface area contributed by atoms with Crippen LogP contribution in [0.1, 0.15) is 36.3 Å². The van der Waals surface area contributed by atoms with E-state index >= 15 is 0 Å². The largest absolute Gasteiger partial charge is 0.573 e. The average molecular weight is 427 g/mol. The molecule has 5 nitrogen and oxygen atoms in total. The molecule has 0 aliphatic carbocycles. The van der Waals surface area contributed by atoms with Crippen LogP contribution < -0.4 is 15.8 Å². The van der Waals surface area contributed by atoms with E-state index in [0.29, 0.717) is 12.8 Å². The number of alkyl halides is 3. The van der Waals surface area contributed by atoms with E-state index in [2.05, 4.69) is 20.3 Å². The molecule has 0 bridgehead atoms. The van der Waals surface area contributed by atoms with Crippen LogP contribution in [0.4, 0.5) is 18.3 Å². The highest BCUT2D eigenvalue weighted by Gasteiger charge is 2.31. The summed E-state index contributed by atoms with van der Waals surface area (Å²) in [6, 6.07) is 6.05. The number of unbranched alkanes of at least 4 members (excludes halogenated alkanes) is 1. The molecule has 1 heterocycles. The number of ether oxygens (including phenoxy) is 1. The van der Waals surface area contributed by atoms with Gasteiger partial charge in [0.25, 0.3) is 0 Å². The van der Waals surface area contributed by atoms with Crippen LogP contribution in [0.25, 0.3) is 0 Å². The second-order valence-corrected chi connectivity index (χ2v) is 7.40. The monoisotopic (exact) mass is 426 g/mol. The van der Waals surface area contributed by atoms with Gasteiger partial charge in [-0.2, -0.15) is 0 Å². The number of aryl methyl sites for hydroxylation is 2. The van der Waals surface area contributed by atoms with Gasteiger partial charge in [0.05, 0.1) is 0 Å². The number of nitrogens with two attached hydrogens (primary N) is 1. The molecule has 2 rings (SSSR count). The lowest BCUT2D eigenvalue weighted by atomic mass is 10.1. The highest BCUT2D eigenvalue weighted by Crippen LogP contribution is 2.24. The minimum atomic E-state index is -4.68. The lowest BCUT2D eigenvalue weighted by Crippen LogP contribution is -2.17. The third-order valence-corrected chi connectivity index (χ3v) is 5.07. The number of benzene rings is 1. The van der Waals surface area contributed by atoms with Crippen LogP contribution in [0, 0.1) is 0 Å². The van der Waals surface area contributed by atoms with E-state index in [4.69, 9.17) is 5.73 Å². The predicted molar refractivity (Wildman–Crippen MR) is 110 cm³/mol. The zero-order valence-corrected chi connectivity index (χ0v) is 17.0. The molecule has 0 saturated carbocycles. The molecule has 0 radical (unpaired) electrons. The van der Waals surface area contributed by atoms with Gasteiger partial charge in [-0.15, -0.1) is 23.4 Å². The van der Waals surface area contributed by atoms with E-state index in [1.165, 1.54) is 12.1 Å². The summed E-state index contributed by atoms with van der Waals surface area (Å²) in [7, 11) is 1.82. The molecule has 0 unspecified atom stereocenters. The molecule has 0 fully saturated rings. The quantitative estimate of drug-likeness (QED) is 0.381. The van der Waals surface area contributed by atoms with Crippen molar-refractivity contribution in [3.63, 3.8) is 0 Å². The van der Waals surface area contributed by atoms with Crippen LogP contribution >= 0.6 is 11.3 Å². The molecule has 0 aliphatic heterocycles. The topological polar surface area (TPSA) is 73.1 Å². The molecule has 0 aliphatic rings. The Bertz CT molecular complexity index is 818. The number of rotatable bonds is 11. The van der Waals surface area contributed by atoms with E-state index in [0.717, 1.165) is 47.0 Å². The Labute approximate surface area is 172 Å². The fraction of sp³-hybridized carbons (Fsp3) is 0.400. The van der Waals surface area contributed by atoms with Crippen LogP contribution in [0.3, 0.4) is 0 Å². The van der Waals surface area contributed by atoms with E-state index < -0.39 is 6.36 Å². The molecule has 158 valence electrons. The van der Waals surface area contributed by atoms with Gasteiger partial charge in [0.1, 0.15) is 10.8 Å². The number of hydrogen-bond acceptors (Lipinski definition) is 6. The minimum absolute atomic E-state index is 0.196. The molecule has 1 aromatic carbocycles. The van der Waals surface area contributed by atoms with Gasteiger partial charge in [0.15, 0.2) is 0 Å². The van der Waals surface area contributed by atoms with E-state index in [1.807, 2.05) is 19.2 Å². The number of aromatic nitrogens is 2. The van der Waals surface area contributed by atoms with Crippen molar-refractivity contribution < 1.29 is 17.9 Å². The van der Waals surface area contributed by atoms with Crippen molar-refractivity contribution in [3.8, 4) is 5.75 Å². The van der Waals surface area contributed by atoms with Crippen molar-refractivity contribution in [3.05, 3.63) is 58.8 Å².